The Bertz CT molecular complexity index is 575. The number of hydrogen-bond donors (Lipinski definition) is 0. The summed E-state index contributed by atoms with van der Waals surface area (Å²) in [5.74, 6) is 0. The van der Waals surface area contributed by atoms with E-state index in [9.17, 15) is 4.79 Å². The van der Waals surface area contributed by atoms with Crippen LogP contribution in [0.4, 0.5) is 4.79 Å². The monoisotopic (exact) mass is 304 g/mol. The van der Waals surface area contributed by atoms with Crippen molar-refractivity contribution in [1.82, 2.24) is 30.0 Å². The third-order valence-corrected chi connectivity index (χ3v) is 3.68. The highest BCUT2D eigenvalue weighted by atomic mass is 16.2. The summed E-state index contributed by atoms with van der Waals surface area (Å²) >= 11 is 0. The second-order valence-corrected chi connectivity index (χ2v) is 5.44. The molecule has 0 saturated carbocycles. The topological polar surface area (TPSA) is 78.5 Å². The van der Waals surface area contributed by atoms with Gasteiger partial charge in [-0.1, -0.05) is 50.0 Å². The zero-order valence-electron chi connectivity index (χ0n) is 13.4. The van der Waals surface area contributed by atoms with Crippen molar-refractivity contribution in [2.75, 3.05) is 0 Å². The van der Waals surface area contributed by atoms with E-state index in [0.717, 1.165) is 49.9 Å². The zero-order valence-corrected chi connectivity index (χ0v) is 13.4. The number of unbranched alkanes of at least 4 members (excludes halogenated alkanes) is 4. The van der Waals surface area contributed by atoms with Gasteiger partial charge in [-0.05, 0) is 25.7 Å². The van der Waals surface area contributed by atoms with Crippen molar-refractivity contribution in [2.45, 2.75) is 65.2 Å². The van der Waals surface area contributed by atoms with Crippen LogP contribution in [0.25, 0.3) is 0 Å². The van der Waals surface area contributed by atoms with Crippen molar-refractivity contribution in [3.8, 4) is 0 Å². The Kier molecular flexibility index (Phi) is 6.24. The van der Waals surface area contributed by atoms with E-state index in [1.54, 1.807) is 0 Å². The minimum atomic E-state index is -0.321. The smallest absolute Gasteiger partial charge is 0.243 e. The van der Waals surface area contributed by atoms with Gasteiger partial charge in [-0.3, -0.25) is 0 Å². The van der Waals surface area contributed by atoms with Crippen LogP contribution in [0.5, 0.6) is 0 Å². The van der Waals surface area contributed by atoms with Gasteiger partial charge in [0.15, 0.2) is 0 Å². The molecule has 0 fully saturated rings. The first-order chi connectivity index (χ1) is 10.8. The lowest BCUT2D eigenvalue weighted by Crippen LogP contribution is -2.23. The van der Waals surface area contributed by atoms with Gasteiger partial charge in [0.05, 0.1) is 23.8 Å². The van der Waals surface area contributed by atoms with Gasteiger partial charge in [0.25, 0.3) is 0 Å². The molecular weight excluding hydrogens is 280 g/mol. The van der Waals surface area contributed by atoms with E-state index >= 15 is 0 Å². The number of carbonyl (C=O) groups is 1. The van der Waals surface area contributed by atoms with E-state index < -0.39 is 0 Å². The molecule has 0 aromatic carbocycles. The van der Waals surface area contributed by atoms with Crippen molar-refractivity contribution >= 4 is 6.03 Å². The van der Waals surface area contributed by atoms with E-state index in [1.165, 1.54) is 34.6 Å². The highest BCUT2D eigenvalue weighted by Gasteiger charge is 2.19. The maximum absolute atomic E-state index is 12.4. The first-order valence-electron chi connectivity index (χ1n) is 8.12. The molecule has 7 nitrogen and oxygen atoms in total. The summed E-state index contributed by atoms with van der Waals surface area (Å²) in [5.41, 5.74) is 1.86. The first-order valence-corrected chi connectivity index (χ1v) is 8.12. The summed E-state index contributed by atoms with van der Waals surface area (Å²) in [6.07, 6.45) is 11.5. The van der Waals surface area contributed by atoms with E-state index in [4.69, 9.17) is 0 Å². The number of aryl methyl sites for hydroxylation is 1. The number of carbonyl (C=O) groups excluding carboxylic acids is 1. The van der Waals surface area contributed by atoms with Crippen LogP contribution in [-0.2, 0) is 12.8 Å². The van der Waals surface area contributed by atoms with E-state index in [1.807, 2.05) is 0 Å². The Balaban J connectivity index is 2.16. The van der Waals surface area contributed by atoms with E-state index in [0.29, 0.717) is 0 Å². The molecule has 0 unspecified atom stereocenters. The Morgan fingerprint density at radius 2 is 1.86 bits per heavy atom. The van der Waals surface area contributed by atoms with Crippen LogP contribution in [0.15, 0.2) is 12.4 Å². The highest BCUT2D eigenvalue weighted by Crippen LogP contribution is 2.14. The molecule has 2 heterocycles. The van der Waals surface area contributed by atoms with Gasteiger partial charge < -0.3 is 0 Å². The Hall–Kier alpha value is -2.05. The van der Waals surface area contributed by atoms with Crippen LogP contribution in [0.2, 0.25) is 0 Å². The molecule has 0 amide bonds. The molecule has 0 saturated heterocycles. The number of hydrogen-bond acceptors (Lipinski definition) is 5. The highest BCUT2D eigenvalue weighted by molar-refractivity contribution is 5.77. The van der Waals surface area contributed by atoms with Crippen molar-refractivity contribution < 1.29 is 4.79 Å². The largest absolute Gasteiger partial charge is 0.372 e. The third-order valence-electron chi connectivity index (χ3n) is 3.68. The normalized spacial score (nSPS) is 11.0. The van der Waals surface area contributed by atoms with Crippen LogP contribution in [0, 0.1) is 0 Å². The second-order valence-electron chi connectivity index (χ2n) is 5.44. The standard InChI is InChI=1S/C15H24N6O/c1-3-5-7-8-10-14-13(9-6-4-2)17-19-21(14)15(22)20-12-11-16-18-20/h11-12H,3-10H2,1-2H3. The number of aromatic nitrogens is 6. The molecule has 0 aliphatic heterocycles. The molecule has 2 rings (SSSR count). The van der Waals surface area contributed by atoms with Crippen molar-refractivity contribution in [2.24, 2.45) is 0 Å². The molecule has 7 heteroatoms. The maximum Gasteiger partial charge on any atom is 0.372 e. The van der Waals surface area contributed by atoms with Gasteiger partial charge in [-0.2, -0.15) is 9.36 Å². The summed E-state index contributed by atoms with van der Waals surface area (Å²) in [6, 6.07) is -0.321. The summed E-state index contributed by atoms with van der Waals surface area (Å²) in [4.78, 5) is 12.4. The molecule has 0 aliphatic carbocycles. The quantitative estimate of drug-likeness (QED) is 0.701. The molecule has 0 atom stereocenters. The Morgan fingerprint density at radius 3 is 2.55 bits per heavy atom. The molecule has 22 heavy (non-hydrogen) atoms. The lowest BCUT2D eigenvalue weighted by Gasteiger charge is -2.06. The minimum Gasteiger partial charge on any atom is -0.243 e. The summed E-state index contributed by atoms with van der Waals surface area (Å²) in [7, 11) is 0. The molecule has 2 aromatic rings. The molecule has 0 radical (unpaired) electrons. The van der Waals surface area contributed by atoms with Crippen molar-refractivity contribution in [1.29, 1.82) is 0 Å². The Morgan fingerprint density at radius 1 is 1.05 bits per heavy atom. The summed E-state index contributed by atoms with van der Waals surface area (Å²) < 4.78 is 2.57. The summed E-state index contributed by atoms with van der Waals surface area (Å²) in [5, 5.41) is 15.7. The van der Waals surface area contributed by atoms with E-state index in [2.05, 4.69) is 34.5 Å². The number of nitrogens with zero attached hydrogens (tertiary/aromatic N) is 6. The Labute approximate surface area is 130 Å². The fourth-order valence-electron chi connectivity index (χ4n) is 2.40. The fourth-order valence-corrected chi connectivity index (χ4v) is 2.40. The summed E-state index contributed by atoms with van der Waals surface area (Å²) in [6.45, 7) is 4.33. The molecule has 120 valence electrons. The molecule has 0 bridgehead atoms. The number of rotatable bonds is 8. The predicted molar refractivity (Wildman–Crippen MR) is 82.7 cm³/mol. The molecule has 0 N–H and O–H groups in total. The van der Waals surface area contributed by atoms with Crippen LogP contribution < -0.4 is 0 Å². The average Bonchev–Trinajstić information content (AvgIpc) is 3.18. The minimum absolute atomic E-state index is 0.321. The van der Waals surface area contributed by atoms with Crippen LogP contribution in [0.3, 0.4) is 0 Å². The van der Waals surface area contributed by atoms with Crippen molar-refractivity contribution in [3.63, 3.8) is 0 Å². The second kappa shape index (κ2) is 8.41. The fraction of sp³-hybridized carbons (Fsp3) is 0.667. The van der Waals surface area contributed by atoms with Crippen molar-refractivity contribution in [3.05, 3.63) is 23.8 Å². The molecule has 0 spiro atoms. The molecule has 0 aliphatic rings. The lowest BCUT2D eigenvalue weighted by atomic mass is 10.1. The van der Waals surface area contributed by atoms with Gasteiger partial charge in [-0.15, -0.1) is 10.2 Å². The SMILES string of the molecule is CCCCCCc1c(CCCC)nnn1C(=O)n1ccnn1. The van der Waals surface area contributed by atoms with Gasteiger partial charge in [0.1, 0.15) is 0 Å². The lowest BCUT2D eigenvalue weighted by molar-refractivity contribution is 0.236. The maximum atomic E-state index is 12.4. The van der Waals surface area contributed by atoms with Crippen LogP contribution in [0.1, 0.15) is 63.8 Å². The van der Waals surface area contributed by atoms with Gasteiger partial charge in [0, 0.05) is 0 Å². The predicted octanol–water partition coefficient (Wildman–Crippen LogP) is 2.85. The average molecular weight is 304 g/mol. The van der Waals surface area contributed by atoms with E-state index in [-0.39, 0.29) is 6.03 Å². The van der Waals surface area contributed by atoms with Crippen LogP contribution in [-0.4, -0.2) is 36.0 Å². The zero-order chi connectivity index (χ0) is 15.8. The van der Waals surface area contributed by atoms with Crippen LogP contribution >= 0.6 is 0 Å². The molecule has 2 aromatic heterocycles. The van der Waals surface area contributed by atoms with Gasteiger partial charge in [-0.25, -0.2) is 4.79 Å². The van der Waals surface area contributed by atoms with Gasteiger partial charge in [0.2, 0.25) is 0 Å². The molecular formula is C15H24N6O. The first kappa shape index (κ1) is 16.3. The third kappa shape index (κ3) is 3.99. The van der Waals surface area contributed by atoms with Gasteiger partial charge >= 0.3 is 6.03 Å².